The number of nitrogens with zero attached hydrogens (tertiary/aromatic N) is 3. The van der Waals surface area contributed by atoms with Crippen molar-refractivity contribution < 1.29 is 19.4 Å². The molecule has 0 saturated heterocycles. The fourth-order valence-corrected chi connectivity index (χ4v) is 5.10. The second-order valence-electron chi connectivity index (χ2n) is 8.43. The Morgan fingerprint density at radius 1 is 1.17 bits per heavy atom. The van der Waals surface area contributed by atoms with Crippen LogP contribution in [0.2, 0.25) is 0 Å². The molecule has 1 atom stereocenters. The molecule has 1 aromatic heterocycles. The van der Waals surface area contributed by atoms with Crippen molar-refractivity contribution in [3.05, 3.63) is 78.9 Å². The van der Waals surface area contributed by atoms with Gasteiger partial charge in [0.1, 0.15) is 6.04 Å². The summed E-state index contributed by atoms with van der Waals surface area (Å²) >= 11 is 1.25. The molecule has 0 amide bonds. The van der Waals surface area contributed by atoms with Gasteiger partial charge in [0.15, 0.2) is 16.3 Å². The highest BCUT2D eigenvalue weighted by atomic mass is 32.1. The normalized spacial score (nSPS) is 15.4. The van der Waals surface area contributed by atoms with Gasteiger partial charge >= 0.3 is 5.97 Å². The third-order valence-electron chi connectivity index (χ3n) is 5.85. The van der Waals surface area contributed by atoms with Gasteiger partial charge in [-0.3, -0.25) is 9.36 Å². The van der Waals surface area contributed by atoms with Gasteiger partial charge in [0.2, 0.25) is 0 Å². The molecule has 1 aliphatic rings. The van der Waals surface area contributed by atoms with Crippen molar-refractivity contribution in [1.82, 2.24) is 4.57 Å². The third-order valence-corrected chi connectivity index (χ3v) is 6.83. The predicted octanol–water partition coefficient (Wildman–Crippen LogP) is 3.08. The highest BCUT2D eigenvalue weighted by molar-refractivity contribution is 7.07. The Labute approximate surface area is 213 Å². The first kappa shape index (κ1) is 25.2. The van der Waals surface area contributed by atoms with Gasteiger partial charge in [0.05, 0.1) is 23.3 Å². The molecular weight excluding hydrogens is 478 g/mol. The molecule has 0 fully saturated rings. The molecule has 188 valence electrons. The Morgan fingerprint density at radius 3 is 2.53 bits per heavy atom. The third kappa shape index (κ3) is 4.79. The van der Waals surface area contributed by atoms with Crippen molar-refractivity contribution in [2.75, 3.05) is 32.2 Å². The molecule has 9 heteroatoms. The number of benzene rings is 2. The molecule has 0 saturated carbocycles. The van der Waals surface area contributed by atoms with Gasteiger partial charge in [0, 0.05) is 25.5 Å². The lowest BCUT2D eigenvalue weighted by atomic mass is 9.96. The number of thiazole rings is 1. The van der Waals surface area contributed by atoms with Crippen LogP contribution in [0.15, 0.2) is 57.8 Å². The summed E-state index contributed by atoms with van der Waals surface area (Å²) < 4.78 is 12.7. The van der Waals surface area contributed by atoms with E-state index < -0.39 is 12.0 Å². The summed E-state index contributed by atoms with van der Waals surface area (Å²) in [4.78, 5) is 33.7. The molecule has 3 aromatic rings. The van der Waals surface area contributed by atoms with E-state index in [1.165, 1.54) is 22.0 Å². The average molecular weight is 508 g/mol. The zero-order chi connectivity index (χ0) is 26.0. The van der Waals surface area contributed by atoms with Gasteiger partial charge < -0.3 is 19.5 Å². The number of hydrogen-bond acceptors (Lipinski definition) is 8. The Hall–Kier alpha value is -3.85. The molecule has 8 nitrogen and oxygen atoms in total. The number of carbonyl (C=O) groups is 1. The standard InChI is InChI=1S/C27H29N3O5S/c1-6-34-21-14-17(8-13-20(21)31)15-22-25(32)30-16(3)23(26(33)35-7-2)24(28-27(30)36-22)18-9-11-19(12-10-18)29(4)5/h8-15,24,31H,6-7H2,1-5H3/b22-15-/t24-/m0/s1. The number of aromatic hydroxyl groups is 1. The zero-order valence-electron chi connectivity index (χ0n) is 20.9. The SMILES string of the molecule is CCOC(=O)C1=C(C)n2c(s/c(=C\c3ccc(O)c(OCC)c3)c2=O)=N[C@H]1c1ccc(N(C)C)cc1. The van der Waals surface area contributed by atoms with Crippen LogP contribution in [-0.2, 0) is 9.53 Å². The number of fused-ring (bicyclic) bond motifs is 1. The number of anilines is 1. The van der Waals surface area contributed by atoms with Crippen molar-refractivity contribution in [2.45, 2.75) is 26.8 Å². The summed E-state index contributed by atoms with van der Waals surface area (Å²) in [5, 5.41) is 9.99. The summed E-state index contributed by atoms with van der Waals surface area (Å²) in [6.07, 6.45) is 1.73. The van der Waals surface area contributed by atoms with Gasteiger partial charge in [-0.15, -0.1) is 0 Å². The number of ether oxygens (including phenoxy) is 2. The van der Waals surface area contributed by atoms with Crippen LogP contribution in [-0.4, -0.2) is 43.0 Å². The maximum Gasteiger partial charge on any atom is 0.338 e. The van der Waals surface area contributed by atoms with E-state index in [4.69, 9.17) is 14.5 Å². The molecule has 0 aliphatic carbocycles. The molecule has 2 heterocycles. The molecule has 4 rings (SSSR count). The molecule has 36 heavy (non-hydrogen) atoms. The molecule has 0 radical (unpaired) electrons. The van der Waals surface area contributed by atoms with Crippen LogP contribution in [0.3, 0.4) is 0 Å². The first-order chi connectivity index (χ1) is 17.2. The van der Waals surface area contributed by atoms with Crippen molar-refractivity contribution in [3.63, 3.8) is 0 Å². The highest BCUT2D eigenvalue weighted by Crippen LogP contribution is 2.33. The second-order valence-corrected chi connectivity index (χ2v) is 9.44. The quantitative estimate of drug-likeness (QED) is 0.494. The summed E-state index contributed by atoms with van der Waals surface area (Å²) in [6, 6.07) is 12.2. The number of aromatic nitrogens is 1. The monoisotopic (exact) mass is 507 g/mol. The van der Waals surface area contributed by atoms with E-state index in [9.17, 15) is 14.7 Å². The predicted molar refractivity (Wildman–Crippen MR) is 141 cm³/mol. The van der Waals surface area contributed by atoms with E-state index in [0.717, 1.165) is 11.3 Å². The second kappa shape index (κ2) is 10.4. The van der Waals surface area contributed by atoms with E-state index >= 15 is 0 Å². The van der Waals surface area contributed by atoms with E-state index in [0.29, 0.717) is 38.5 Å². The Bertz CT molecular complexity index is 1500. The van der Waals surface area contributed by atoms with Crippen LogP contribution in [0.25, 0.3) is 11.8 Å². The molecule has 0 unspecified atom stereocenters. The minimum Gasteiger partial charge on any atom is -0.504 e. The lowest BCUT2D eigenvalue weighted by Gasteiger charge is -2.23. The topological polar surface area (TPSA) is 93.4 Å². The summed E-state index contributed by atoms with van der Waals surface area (Å²) in [5.41, 5.74) is 3.14. The van der Waals surface area contributed by atoms with Gasteiger partial charge in [-0.25, -0.2) is 9.79 Å². The van der Waals surface area contributed by atoms with Crippen molar-refractivity contribution in [1.29, 1.82) is 0 Å². The van der Waals surface area contributed by atoms with Gasteiger partial charge in [-0.1, -0.05) is 29.5 Å². The van der Waals surface area contributed by atoms with Crippen molar-refractivity contribution in [3.8, 4) is 11.5 Å². The van der Waals surface area contributed by atoms with E-state index in [-0.39, 0.29) is 17.9 Å². The maximum absolute atomic E-state index is 13.4. The Kier molecular flexibility index (Phi) is 7.30. The van der Waals surface area contributed by atoms with Gasteiger partial charge in [-0.05, 0) is 62.2 Å². The minimum absolute atomic E-state index is 0.0344. The Morgan fingerprint density at radius 2 is 1.89 bits per heavy atom. The van der Waals surface area contributed by atoms with Crippen LogP contribution in [0.1, 0.15) is 37.9 Å². The van der Waals surface area contributed by atoms with E-state index in [1.54, 1.807) is 32.1 Å². The van der Waals surface area contributed by atoms with Crippen LogP contribution < -0.4 is 24.5 Å². The lowest BCUT2D eigenvalue weighted by Crippen LogP contribution is -2.35. The number of phenolic OH excluding ortho intramolecular Hbond substituents is 1. The molecule has 1 N–H and O–H groups in total. The van der Waals surface area contributed by atoms with E-state index in [2.05, 4.69) is 0 Å². The number of carbonyl (C=O) groups excluding carboxylic acids is 1. The largest absolute Gasteiger partial charge is 0.504 e. The number of hydrogen-bond donors (Lipinski definition) is 1. The van der Waals surface area contributed by atoms with Crippen molar-refractivity contribution in [2.24, 2.45) is 4.99 Å². The van der Waals surface area contributed by atoms with Crippen LogP contribution in [0.5, 0.6) is 11.5 Å². The smallest absolute Gasteiger partial charge is 0.338 e. The van der Waals surface area contributed by atoms with Crippen LogP contribution >= 0.6 is 11.3 Å². The first-order valence-corrected chi connectivity index (χ1v) is 12.5. The van der Waals surface area contributed by atoms with Gasteiger partial charge in [0.25, 0.3) is 5.56 Å². The molecule has 1 aliphatic heterocycles. The summed E-state index contributed by atoms with van der Waals surface area (Å²) in [7, 11) is 3.92. The number of rotatable bonds is 7. The van der Waals surface area contributed by atoms with Crippen molar-refractivity contribution >= 4 is 34.8 Å². The fourth-order valence-electron chi connectivity index (χ4n) is 4.06. The summed E-state index contributed by atoms with van der Waals surface area (Å²) in [6.45, 7) is 5.95. The molecular formula is C27H29N3O5S. The minimum atomic E-state index is -0.593. The molecule has 0 bridgehead atoms. The fraction of sp³-hybridized carbons (Fsp3) is 0.296. The lowest BCUT2D eigenvalue weighted by molar-refractivity contribution is -0.138. The highest BCUT2D eigenvalue weighted by Gasteiger charge is 2.31. The molecule has 0 spiro atoms. The Balaban J connectivity index is 1.89. The maximum atomic E-state index is 13.4. The van der Waals surface area contributed by atoms with E-state index in [1.807, 2.05) is 50.2 Å². The first-order valence-electron chi connectivity index (χ1n) is 11.7. The zero-order valence-corrected chi connectivity index (χ0v) is 21.8. The molecule has 2 aromatic carbocycles. The number of allylic oxidation sites excluding steroid dienone is 1. The average Bonchev–Trinajstić information content (AvgIpc) is 3.16. The van der Waals surface area contributed by atoms with Crippen LogP contribution in [0.4, 0.5) is 5.69 Å². The number of phenols is 1. The van der Waals surface area contributed by atoms with Crippen LogP contribution in [0, 0.1) is 0 Å². The summed E-state index contributed by atoms with van der Waals surface area (Å²) in [5.74, 6) is -0.110. The number of esters is 1. The van der Waals surface area contributed by atoms with Gasteiger partial charge in [-0.2, -0.15) is 0 Å².